The molecule has 1 aromatic carbocycles. The largest absolute Gasteiger partial charge is 0.301 e. The quantitative estimate of drug-likeness (QED) is 0.354. The number of carbonyl (C=O) groups excluding carboxylic acids is 1. The molecule has 2 aromatic rings. The zero-order valence-electron chi connectivity index (χ0n) is 12.1. The number of hydrazone groups is 1. The van der Waals surface area contributed by atoms with Gasteiger partial charge in [0.1, 0.15) is 5.69 Å². The van der Waals surface area contributed by atoms with Crippen LogP contribution in [0.5, 0.6) is 0 Å². The average Bonchev–Trinajstić information content (AvgIpc) is 2.55. The highest BCUT2D eigenvalue weighted by atomic mass is 79.9. The standard InChI is InChI=1S/C15H13BrN4O2S/c1-23-15-18-12(8-13(21)19-15)14(22)20-17-9-11(16)7-10-5-3-2-4-6-10/h2-9H,1H3,(H,20,22)(H,18,19,21). The van der Waals surface area contributed by atoms with Crippen LogP contribution < -0.4 is 11.0 Å². The van der Waals surface area contributed by atoms with Gasteiger partial charge in [-0.2, -0.15) is 5.10 Å². The maximum absolute atomic E-state index is 11.9. The molecule has 8 heteroatoms. The number of hydrogen-bond donors (Lipinski definition) is 2. The fourth-order valence-electron chi connectivity index (χ4n) is 1.60. The van der Waals surface area contributed by atoms with Crippen LogP contribution in [-0.2, 0) is 0 Å². The van der Waals surface area contributed by atoms with Crippen LogP contribution >= 0.6 is 27.7 Å². The average molecular weight is 393 g/mol. The van der Waals surface area contributed by atoms with Crippen molar-refractivity contribution in [2.24, 2.45) is 5.10 Å². The molecular weight excluding hydrogens is 380 g/mol. The number of hydrogen-bond acceptors (Lipinski definition) is 5. The van der Waals surface area contributed by atoms with Crippen LogP contribution in [0.2, 0.25) is 0 Å². The van der Waals surface area contributed by atoms with Gasteiger partial charge in [0.05, 0.1) is 6.21 Å². The Morgan fingerprint density at radius 2 is 2.13 bits per heavy atom. The summed E-state index contributed by atoms with van der Waals surface area (Å²) in [4.78, 5) is 29.9. The number of amides is 1. The highest BCUT2D eigenvalue weighted by Gasteiger charge is 2.08. The third-order valence-electron chi connectivity index (χ3n) is 2.60. The Balaban J connectivity index is 2.02. The van der Waals surface area contributed by atoms with E-state index in [0.717, 1.165) is 11.6 Å². The third-order valence-corrected chi connectivity index (χ3v) is 3.62. The Kier molecular flexibility index (Phi) is 6.30. The van der Waals surface area contributed by atoms with Gasteiger partial charge in [0.25, 0.3) is 11.5 Å². The summed E-state index contributed by atoms with van der Waals surface area (Å²) in [5.74, 6) is -0.553. The normalized spacial score (nSPS) is 11.7. The second kappa shape index (κ2) is 8.44. The molecule has 0 aliphatic heterocycles. The van der Waals surface area contributed by atoms with Crippen LogP contribution in [0.1, 0.15) is 16.1 Å². The molecular formula is C15H13BrN4O2S. The van der Waals surface area contributed by atoms with Crippen LogP contribution in [0, 0.1) is 0 Å². The van der Waals surface area contributed by atoms with Crippen LogP contribution in [0.3, 0.4) is 0 Å². The SMILES string of the molecule is CSc1nc(C(=O)NN=CC(Br)=Cc2ccccc2)cc(=O)[nH]1. The topological polar surface area (TPSA) is 87.2 Å². The number of aromatic amines is 1. The number of thioether (sulfide) groups is 1. The van der Waals surface area contributed by atoms with E-state index in [1.54, 1.807) is 6.26 Å². The fourth-order valence-corrected chi connectivity index (χ4v) is 2.36. The number of benzene rings is 1. The Bertz CT molecular complexity index is 803. The molecule has 1 amide bonds. The van der Waals surface area contributed by atoms with Gasteiger partial charge in [-0.1, -0.05) is 42.1 Å². The van der Waals surface area contributed by atoms with Crippen LogP contribution in [0.15, 0.2) is 55.9 Å². The summed E-state index contributed by atoms with van der Waals surface area (Å²) in [6.45, 7) is 0. The van der Waals surface area contributed by atoms with Crippen molar-refractivity contribution in [2.45, 2.75) is 5.16 Å². The molecule has 0 aliphatic rings. The van der Waals surface area contributed by atoms with Gasteiger partial charge in [-0.3, -0.25) is 9.59 Å². The number of carbonyl (C=O) groups is 1. The highest BCUT2D eigenvalue weighted by Crippen LogP contribution is 2.10. The first kappa shape index (κ1) is 17.2. The van der Waals surface area contributed by atoms with E-state index in [0.29, 0.717) is 9.64 Å². The molecule has 23 heavy (non-hydrogen) atoms. The molecule has 1 aromatic heterocycles. The lowest BCUT2D eigenvalue weighted by molar-refractivity contribution is 0.0949. The summed E-state index contributed by atoms with van der Waals surface area (Å²) in [5, 5.41) is 4.20. The number of nitrogens with one attached hydrogen (secondary N) is 2. The van der Waals surface area contributed by atoms with E-state index in [-0.39, 0.29) is 11.3 Å². The second-order valence-corrected chi connectivity index (χ2v) is 5.99. The van der Waals surface area contributed by atoms with Crippen LogP contribution in [0.4, 0.5) is 0 Å². The maximum Gasteiger partial charge on any atom is 0.290 e. The fraction of sp³-hybridized carbons (Fsp3) is 0.0667. The van der Waals surface area contributed by atoms with Gasteiger partial charge in [-0.25, -0.2) is 10.4 Å². The summed E-state index contributed by atoms with van der Waals surface area (Å²) in [6.07, 6.45) is 5.06. The van der Waals surface area contributed by atoms with E-state index < -0.39 is 5.91 Å². The van der Waals surface area contributed by atoms with Crippen molar-refractivity contribution in [3.63, 3.8) is 0 Å². The van der Waals surface area contributed by atoms with Gasteiger partial charge in [0.2, 0.25) is 0 Å². The number of nitrogens with zero attached hydrogens (tertiary/aromatic N) is 2. The van der Waals surface area contributed by atoms with E-state index in [1.807, 2.05) is 36.4 Å². The minimum atomic E-state index is -0.553. The van der Waals surface area contributed by atoms with Crippen LogP contribution in [-0.4, -0.2) is 28.3 Å². The summed E-state index contributed by atoms with van der Waals surface area (Å²) in [7, 11) is 0. The summed E-state index contributed by atoms with van der Waals surface area (Å²) in [6, 6.07) is 10.8. The van der Waals surface area contributed by atoms with E-state index in [9.17, 15) is 9.59 Å². The number of allylic oxidation sites excluding steroid dienone is 1. The third kappa shape index (κ3) is 5.50. The van der Waals surface area contributed by atoms with E-state index in [4.69, 9.17) is 0 Å². The zero-order valence-corrected chi connectivity index (χ0v) is 14.5. The van der Waals surface area contributed by atoms with E-state index >= 15 is 0 Å². The molecule has 0 bridgehead atoms. The minimum absolute atomic E-state index is 0.0124. The maximum atomic E-state index is 11.9. The highest BCUT2D eigenvalue weighted by molar-refractivity contribution is 9.12. The number of halogens is 1. The molecule has 0 atom stereocenters. The Morgan fingerprint density at radius 1 is 1.39 bits per heavy atom. The van der Waals surface area contributed by atoms with Crippen molar-refractivity contribution in [3.05, 3.63) is 62.5 Å². The van der Waals surface area contributed by atoms with Crippen molar-refractivity contribution in [2.75, 3.05) is 6.26 Å². The van der Waals surface area contributed by atoms with Gasteiger partial charge in [-0.05, 0) is 33.8 Å². The lowest BCUT2D eigenvalue weighted by Gasteiger charge is -2.00. The van der Waals surface area contributed by atoms with Crippen molar-refractivity contribution in [1.82, 2.24) is 15.4 Å². The van der Waals surface area contributed by atoms with Crippen molar-refractivity contribution >= 4 is 45.9 Å². The van der Waals surface area contributed by atoms with Crippen molar-refractivity contribution < 1.29 is 4.79 Å². The van der Waals surface area contributed by atoms with Gasteiger partial charge in [0.15, 0.2) is 5.16 Å². The summed E-state index contributed by atoms with van der Waals surface area (Å²) < 4.78 is 0.688. The lowest BCUT2D eigenvalue weighted by Crippen LogP contribution is -2.22. The molecule has 0 unspecified atom stereocenters. The number of rotatable bonds is 5. The molecule has 2 rings (SSSR count). The first-order valence-electron chi connectivity index (χ1n) is 6.49. The second-order valence-electron chi connectivity index (χ2n) is 4.28. The molecule has 118 valence electrons. The monoisotopic (exact) mass is 392 g/mol. The zero-order chi connectivity index (χ0) is 16.7. The first-order chi connectivity index (χ1) is 11.1. The van der Waals surface area contributed by atoms with Gasteiger partial charge < -0.3 is 4.98 Å². The molecule has 6 nitrogen and oxygen atoms in total. The van der Waals surface area contributed by atoms with E-state index in [2.05, 4.69) is 36.4 Å². The van der Waals surface area contributed by atoms with Gasteiger partial charge in [-0.15, -0.1) is 0 Å². The first-order valence-corrected chi connectivity index (χ1v) is 8.51. The smallest absolute Gasteiger partial charge is 0.290 e. The van der Waals surface area contributed by atoms with Crippen molar-refractivity contribution in [3.8, 4) is 0 Å². The lowest BCUT2D eigenvalue weighted by atomic mass is 10.2. The number of aromatic nitrogens is 2. The Labute approximate surface area is 145 Å². The van der Waals surface area contributed by atoms with E-state index in [1.165, 1.54) is 18.0 Å². The van der Waals surface area contributed by atoms with Crippen LogP contribution in [0.25, 0.3) is 6.08 Å². The minimum Gasteiger partial charge on any atom is -0.301 e. The molecule has 1 heterocycles. The Hall–Kier alpha value is -2.19. The van der Waals surface area contributed by atoms with Gasteiger partial charge in [0, 0.05) is 10.5 Å². The molecule has 0 saturated heterocycles. The molecule has 0 radical (unpaired) electrons. The Morgan fingerprint density at radius 3 is 2.83 bits per heavy atom. The summed E-state index contributed by atoms with van der Waals surface area (Å²) >= 11 is 4.58. The molecule has 0 spiro atoms. The summed E-state index contributed by atoms with van der Waals surface area (Å²) in [5.41, 5.74) is 2.95. The van der Waals surface area contributed by atoms with Crippen molar-refractivity contribution in [1.29, 1.82) is 0 Å². The number of H-pyrrole nitrogens is 1. The molecule has 2 N–H and O–H groups in total. The molecule has 0 fully saturated rings. The predicted molar refractivity (Wildman–Crippen MR) is 95.9 cm³/mol. The molecule has 0 saturated carbocycles. The van der Waals surface area contributed by atoms with Gasteiger partial charge >= 0.3 is 0 Å². The predicted octanol–water partition coefficient (Wildman–Crippen LogP) is 2.64. The molecule has 0 aliphatic carbocycles.